The monoisotopic (exact) mass is 483 g/mol. The summed E-state index contributed by atoms with van der Waals surface area (Å²) in [5, 5.41) is 3.96. The van der Waals surface area contributed by atoms with Gasteiger partial charge in [0.25, 0.3) is 5.91 Å². The highest BCUT2D eigenvalue weighted by molar-refractivity contribution is 7.92. The number of carbonyl (C=O) groups is 2. The van der Waals surface area contributed by atoms with E-state index in [4.69, 9.17) is 0 Å². The van der Waals surface area contributed by atoms with Crippen LogP contribution in [0.5, 0.6) is 0 Å². The van der Waals surface area contributed by atoms with Crippen LogP contribution in [-0.4, -0.2) is 61.7 Å². The predicted molar refractivity (Wildman–Crippen MR) is 135 cm³/mol. The maximum Gasteiger partial charge on any atom is 0.251 e. The molecule has 0 aromatic heterocycles. The number of hydrogen-bond acceptors (Lipinski definition) is 4. The van der Waals surface area contributed by atoms with E-state index in [-0.39, 0.29) is 43.4 Å². The molecule has 2 aromatic carbocycles. The van der Waals surface area contributed by atoms with E-state index in [1.54, 1.807) is 30.0 Å². The van der Waals surface area contributed by atoms with Crippen molar-refractivity contribution >= 4 is 27.9 Å². The molecule has 3 rings (SSSR count). The average molecular weight is 484 g/mol. The van der Waals surface area contributed by atoms with Gasteiger partial charge in [-0.2, -0.15) is 4.31 Å². The van der Waals surface area contributed by atoms with E-state index in [0.29, 0.717) is 5.56 Å². The van der Waals surface area contributed by atoms with Gasteiger partial charge in [0.2, 0.25) is 15.9 Å². The molecule has 34 heavy (non-hydrogen) atoms. The average Bonchev–Trinajstić information content (AvgIpc) is 2.82. The summed E-state index contributed by atoms with van der Waals surface area (Å²) >= 11 is 0. The highest BCUT2D eigenvalue weighted by Gasteiger charge is 2.30. The smallest absolute Gasteiger partial charge is 0.251 e. The molecule has 7 nitrogen and oxygen atoms in total. The van der Waals surface area contributed by atoms with Crippen molar-refractivity contribution in [3.05, 3.63) is 76.7 Å². The summed E-state index contributed by atoms with van der Waals surface area (Å²) < 4.78 is 26.6. The lowest BCUT2D eigenvalue weighted by Gasteiger charge is -2.34. The van der Waals surface area contributed by atoms with E-state index in [9.17, 15) is 18.0 Å². The molecule has 1 N–H and O–H groups in total. The van der Waals surface area contributed by atoms with Gasteiger partial charge in [0.1, 0.15) is 6.04 Å². The van der Waals surface area contributed by atoms with Crippen molar-refractivity contribution in [2.24, 2.45) is 0 Å². The number of hydrogen-bond donors (Lipinski definition) is 1. The van der Waals surface area contributed by atoms with Crippen LogP contribution in [0, 0.1) is 0 Å². The Morgan fingerprint density at radius 2 is 1.53 bits per heavy atom. The van der Waals surface area contributed by atoms with Gasteiger partial charge in [-0.3, -0.25) is 9.59 Å². The Morgan fingerprint density at radius 1 is 0.941 bits per heavy atom. The second-order valence-electron chi connectivity index (χ2n) is 9.51. The fourth-order valence-electron chi connectivity index (χ4n) is 3.71. The molecular weight excluding hydrogens is 450 g/mol. The molecule has 2 amide bonds. The second-order valence-corrected chi connectivity index (χ2v) is 11.3. The van der Waals surface area contributed by atoms with Crippen molar-refractivity contribution in [1.82, 2.24) is 14.5 Å². The van der Waals surface area contributed by atoms with Crippen LogP contribution in [0.2, 0.25) is 0 Å². The van der Waals surface area contributed by atoms with E-state index in [2.05, 4.69) is 26.1 Å². The van der Waals surface area contributed by atoms with Crippen LogP contribution >= 0.6 is 0 Å². The van der Waals surface area contributed by atoms with Gasteiger partial charge in [0.05, 0.1) is 0 Å². The number of benzene rings is 2. The number of amides is 2. The fourth-order valence-corrected chi connectivity index (χ4v) is 4.89. The van der Waals surface area contributed by atoms with Gasteiger partial charge in [0.15, 0.2) is 0 Å². The summed E-state index contributed by atoms with van der Waals surface area (Å²) in [7, 11) is -3.58. The number of nitrogens with zero attached hydrogens (tertiary/aromatic N) is 2. The van der Waals surface area contributed by atoms with Gasteiger partial charge in [-0.05, 0) is 41.7 Å². The van der Waals surface area contributed by atoms with Crippen molar-refractivity contribution in [3.8, 4) is 0 Å². The molecule has 1 aliphatic heterocycles. The van der Waals surface area contributed by atoms with Gasteiger partial charge >= 0.3 is 0 Å². The molecule has 0 aliphatic carbocycles. The van der Waals surface area contributed by atoms with Gasteiger partial charge in [-0.15, -0.1) is 0 Å². The van der Waals surface area contributed by atoms with Gasteiger partial charge in [0, 0.05) is 37.2 Å². The second kappa shape index (κ2) is 10.5. The minimum Gasteiger partial charge on any atom is -0.341 e. The van der Waals surface area contributed by atoms with E-state index in [1.165, 1.54) is 9.71 Å². The van der Waals surface area contributed by atoms with E-state index in [0.717, 1.165) is 11.1 Å². The minimum absolute atomic E-state index is 0.00870. The Morgan fingerprint density at radius 3 is 2.09 bits per heavy atom. The van der Waals surface area contributed by atoms with Crippen LogP contribution in [0.3, 0.4) is 0 Å². The lowest BCUT2D eigenvalue weighted by molar-refractivity contribution is -0.134. The highest BCUT2D eigenvalue weighted by Crippen LogP contribution is 2.22. The SMILES string of the molecule is CC(NC(=O)c1ccc(C(C)(C)C)cc1)C(=O)N1CCN(S(=O)(=O)/C=C/c2ccccc2)CC1. The highest BCUT2D eigenvalue weighted by atomic mass is 32.2. The number of carbonyl (C=O) groups excluding carboxylic acids is 2. The van der Waals surface area contributed by atoms with Crippen molar-refractivity contribution in [3.63, 3.8) is 0 Å². The molecule has 2 aromatic rings. The first kappa shape index (κ1) is 25.6. The third-order valence-electron chi connectivity index (χ3n) is 5.87. The number of rotatable bonds is 6. The lowest BCUT2D eigenvalue weighted by atomic mass is 9.86. The first-order valence-electron chi connectivity index (χ1n) is 11.4. The molecule has 1 saturated heterocycles. The zero-order valence-corrected chi connectivity index (χ0v) is 21.0. The van der Waals surface area contributed by atoms with Gasteiger partial charge in [-0.1, -0.05) is 63.2 Å². The molecule has 1 fully saturated rings. The normalized spacial score (nSPS) is 16.4. The summed E-state index contributed by atoms with van der Waals surface area (Å²) in [6.07, 6.45) is 1.57. The third-order valence-corrected chi connectivity index (χ3v) is 7.44. The molecule has 1 aliphatic rings. The molecule has 1 unspecified atom stereocenters. The van der Waals surface area contributed by atoms with Crippen LogP contribution < -0.4 is 5.32 Å². The van der Waals surface area contributed by atoms with E-state index >= 15 is 0 Å². The standard InChI is InChI=1S/C26H33N3O4S/c1-20(27-24(30)22-10-12-23(13-11-22)26(2,3)4)25(31)28-15-17-29(18-16-28)34(32,33)19-14-21-8-6-5-7-9-21/h5-14,19-20H,15-18H2,1-4H3,(H,27,30)/b19-14+. The van der Waals surface area contributed by atoms with E-state index < -0.39 is 16.1 Å². The molecule has 0 bridgehead atoms. The molecule has 0 radical (unpaired) electrons. The molecule has 0 spiro atoms. The largest absolute Gasteiger partial charge is 0.341 e. The Bertz CT molecular complexity index is 1130. The van der Waals surface area contributed by atoms with Crippen LogP contribution in [-0.2, 0) is 20.2 Å². The summed E-state index contributed by atoms with van der Waals surface area (Å²) in [6, 6.07) is 15.9. The lowest BCUT2D eigenvalue weighted by Crippen LogP contribution is -2.54. The first-order valence-corrected chi connectivity index (χ1v) is 12.9. The molecule has 0 saturated carbocycles. The molecular formula is C26H33N3O4S. The molecule has 1 atom stereocenters. The fraction of sp³-hybridized carbons (Fsp3) is 0.385. The number of nitrogens with one attached hydrogen (secondary N) is 1. The maximum atomic E-state index is 12.8. The van der Waals surface area contributed by atoms with Gasteiger partial charge in [-0.25, -0.2) is 8.42 Å². The Kier molecular flexibility index (Phi) is 7.94. The topological polar surface area (TPSA) is 86.8 Å². The van der Waals surface area contributed by atoms with Crippen LogP contribution in [0.25, 0.3) is 6.08 Å². The zero-order valence-electron chi connectivity index (χ0n) is 20.2. The van der Waals surface area contributed by atoms with E-state index in [1.807, 2.05) is 42.5 Å². The van der Waals surface area contributed by atoms with Crippen molar-refractivity contribution < 1.29 is 18.0 Å². The Hall–Kier alpha value is -2.97. The van der Waals surface area contributed by atoms with Crippen molar-refractivity contribution in [2.45, 2.75) is 39.2 Å². The first-order chi connectivity index (χ1) is 16.0. The maximum absolute atomic E-state index is 12.8. The minimum atomic E-state index is -3.58. The Labute approximate surface area is 202 Å². The summed E-state index contributed by atoms with van der Waals surface area (Å²) in [4.78, 5) is 27.0. The predicted octanol–water partition coefficient (Wildman–Crippen LogP) is 3.25. The summed E-state index contributed by atoms with van der Waals surface area (Å²) in [5.41, 5.74) is 2.41. The summed E-state index contributed by atoms with van der Waals surface area (Å²) in [6.45, 7) is 8.93. The summed E-state index contributed by atoms with van der Waals surface area (Å²) in [5.74, 6) is -0.537. The zero-order chi connectivity index (χ0) is 24.9. The Balaban J connectivity index is 1.53. The van der Waals surface area contributed by atoms with Crippen molar-refractivity contribution in [2.75, 3.05) is 26.2 Å². The quantitative estimate of drug-likeness (QED) is 0.683. The van der Waals surface area contributed by atoms with Crippen LogP contribution in [0.4, 0.5) is 0 Å². The van der Waals surface area contributed by atoms with Gasteiger partial charge < -0.3 is 10.2 Å². The molecule has 1 heterocycles. The van der Waals surface area contributed by atoms with Crippen LogP contribution in [0.15, 0.2) is 60.0 Å². The number of sulfonamides is 1. The van der Waals surface area contributed by atoms with Crippen LogP contribution in [0.1, 0.15) is 49.2 Å². The number of piperazine rings is 1. The molecule has 182 valence electrons. The molecule has 8 heteroatoms. The van der Waals surface area contributed by atoms with Crippen molar-refractivity contribution in [1.29, 1.82) is 0 Å². The third kappa shape index (κ3) is 6.55.